The summed E-state index contributed by atoms with van der Waals surface area (Å²) >= 11 is 0. The topological polar surface area (TPSA) is 45.9 Å². The van der Waals surface area contributed by atoms with Crippen LogP contribution in [0.5, 0.6) is 5.88 Å². The Morgan fingerprint density at radius 1 is 1.53 bits per heavy atom. The van der Waals surface area contributed by atoms with Crippen molar-refractivity contribution in [2.24, 2.45) is 0 Å². The summed E-state index contributed by atoms with van der Waals surface area (Å²) in [5.41, 5.74) is 1.14. The van der Waals surface area contributed by atoms with E-state index in [9.17, 15) is 13.2 Å². The Morgan fingerprint density at radius 2 is 2.20 bits per heavy atom. The molecule has 6 heteroatoms. The molecule has 0 unspecified atom stereocenters. The summed E-state index contributed by atoms with van der Waals surface area (Å²) in [6, 6.07) is 3.04. The fourth-order valence-corrected chi connectivity index (χ4v) is 1.00. The Bertz CT molecular complexity index is 395. The molecule has 0 amide bonds. The van der Waals surface area contributed by atoms with Crippen molar-refractivity contribution in [1.29, 1.82) is 5.26 Å². The summed E-state index contributed by atoms with van der Waals surface area (Å²) < 4.78 is 39.0. The van der Waals surface area contributed by atoms with Gasteiger partial charge in [0.2, 0.25) is 5.88 Å². The predicted octanol–water partition coefficient (Wildman–Crippen LogP) is 2.35. The predicted molar refractivity (Wildman–Crippen MR) is 45.0 cm³/mol. The van der Waals surface area contributed by atoms with Crippen molar-refractivity contribution in [3.05, 3.63) is 23.4 Å². The third-order valence-electron chi connectivity index (χ3n) is 1.68. The molecular formula is C9H7F3N2O. The van der Waals surface area contributed by atoms with E-state index in [0.717, 1.165) is 6.07 Å². The Labute approximate surface area is 84.1 Å². The first kappa shape index (κ1) is 11.3. The van der Waals surface area contributed by atoms with Gasteiger partial charge in [-0.2, -0.15) is 5.26 Å². The number of nitriles is 1. The minimum Gasteiger partial charge on any atom is -0.388 e. The van der Waals surface area contributed by atoms with Crippen LogP contribution in [0.1, 0.15) is 11.1 Å². The van der Waals surface area contributed by atoms with E-state index < -0.39 is 12.2 Å². The molecule has 0 fully saturated rings. The zero-order chi connectivity index (χ0) is 11.5. The lowest BCUT2D eigenvalue weighted by molar-refractivity contribution is -0.276. The first-order valence-electron chi connectivity index (χ1n) is 4.00. The molecule has 0 aromatic carbocycles. The molecule has 0 aliphatic carbocycles. The Hall–Kier alpha value is -1.77. The zero-order valence-corrected chi connectivity index (χ0v) is 7.80. The highest BCUT2D eigenvalue weighted by Gasteiger charge is 2.31. The fourth-order valence-electron chi connectivity index (χ4n) is 1.00. The minimum absolute atomic E-state index is 0.116. The van der Waals surface area contributed by atoms with Crippen LogP contribution in [0.4, 0.5) is 13.2 Å². The number of aryl methyl sites for hydroxylation is 1. The van der Waals surface area contributed by atoms with Crippen molar-refractivity contribution in [2.45, 2.75) is 19.7 Å². The quantitative estimate of drug-likeness (QED) is 0.762. The molecule has 1 aromatic heterocycles. The Morgan fingerprint density at radius 3 is 2.67 bits per heavy atom. The van der Waals surface area contributed by atoms with Crippen molar-refractivity contribution in [3.8, 4) is 11.9 Å². The fraction of sp³-hybridized carbons (Fsp3) is 0.333. The van der Waals surface area contributed by atoms with Gasteiger partial charge in [0, 0.05) is 12.3 Å². The van der Waals surface area contributed by atoms with E-state index in [2.05, 4.69) is 9.72 Å². The van der Waals surface area contributed by atoms with Crippen LogP contribution < -0.4 is 4.74 Å². The number of nitrogens with zero attached hydrogens (tertiary/aromatic N) is 2. The summed E-state index contributed by atoms with van der Waals surface area (Å²) in [6.45, 7) is 1.59. The zero-order valence-electron chi connectivity index (χ0n) is 7.80. The van der Waals surface area contributed by atoms with Crippen molar-refractivity contribution in [1.82, 2.24) is 4.98 Å². The van der Waals surface area contributed by atoms with E-state index in [1.165, 1.54) is 6.20 Å². The van der Waals surface area contributed by atoms with E-state index in [0.29, 0.717) is 11.1 Å². The Balaban J connectivity index is 2.88. The number of ether oxygens (including phenoxy) is 1. The van der Waals surface area contributed by atoms with E-state index in [1.54, 1.807) is 6.92 Å². The third kappa shape index (κ3) is 3.46. The molecule has 0 bridgehead atoms. The van der Waals surface area contributed by atoms with Crippen LogP contribution in [-0.4, -0.2) is 11.3 Å². The molecule has 0 saturated carbocycles. The largest absolute Gasteiger partial charge is 0.574 e. The Kier molecular flexibility index (Phi) is 3.14. The number of hydrogen-bond donors (Lipinski definition) is 0. The average molecular weight is 216 g/mol. The molecule has 1 aromatic rings. The van der Waals surface area contributed by atoms with Gasteiger partial charge in [-0.05, 0) is 18.1 Å². The summed E-state index contributed by atoms with van der Waals surface area (Å²) in [6.07, 6.45) is -3.42. The second kappa shape index (κ2) is 4.17. The monoisotopic (exact) mass is 216 g/mol. The molecule has 0 radical (unpaired) electrons. The number of rotatable bonds is 2. The molecular weight excluding hydrogens is 209 g/mol. The van der Waals surface area contributed by atoms with E-state index >= 15 is 0 Å². The maximum absolute atomic E-state index is 11.8. The molecule has 15 heavy (non-hydrogen) atoms. The summed E-state index contributed by atoms with van der Waals surface area (Å²) in [5, 5.41) is 8.41. The molecule has 0 spiro atoms. The van der Waals surface area contributed by atoms with Gasteiger partial charge in [-0.15, -0.1) is 13.2 Å². The van der Waals surface area contributed by atoms with Gasteiger partial charge < -0.3 is 4.74 Å². The van der Waals surface area contributed by atoms with E-state index in [-0.39, 0.29) is 6.42 Å². The normalized spacial score (nSPS) is 10.9. The molecule has 0 aliphatic rings. The van der Waals surface area contributed by atoms with Gasteiger partial charge in [0.1, 0.15) is 0 Å². The molecule has 3 nitrogen and oxygen atoms in total. The number of hydrogen-bond acceptors (Lipinski definition) is 3. The number of alkyl halides is 3. The SMILES string of the molecule is Cc1cc(OC(F)(F)F)ncc1CC#N. The lowest BCUT2D eigenvalue weighted by Crippen LogP contribution is -2.18. The molecule has 0 saturated heterocycles. The summed E-state index contributed by atoms with van der Waals surface area (Å²) in [7, 11) is 0. The number of pyridine rings is 1. The minimum atomic E-state index is -4.74. The average Bonchev–Trinajstić information content (AvgIpc) is 2.07. The molecule has 0 atom stereocenters. The second-order valence-electron chi connectivity index (χ2n) is 2.83. The van der Waals surface area contributed by atoms with Crippen molar-refractivity contribution in [3.63, 3.8) is 0 Å². The highest BCUT2D eigenvalue weighted by Crippen LogP contribution is 2.22. The van der Waals surface area contributed by atoms with E-state index in [1.807, 2.05) is 6.07 Å². The maximum Gasteiger partial charge on any atom is 0.574 e. The molecule has 1 heterocycles. The van der Waals surface area contributed by atoms with Crippen LogP contribution >= 0.6 is 0 Å². The maximum atomic E-state index is 11.8. The summed E-state index contributed by atoms with van der Waals surface area (Å²) in [5.74, 6) is -0.512. The standard InChI is InChI=1S/C9H7F3N2O/c1-6-4-8(15-9(10,11)12)14-5-7(6)2-3-13/h4-5H,2H2,1H3. The van der Waals surface area contributed by atoms with Crippen molar-refractivity contribution >= 4 is 0 Å². The van der Waals surface area contributed by atoms with Gasteiger partial charge in [-0.3, -0.25) is 0 Å². The van der Waals surface area contributed by atoms with Gasteiger partial charge in [0.15, 0.2) is 0 Å². The smallest absolute Gasteiger partial charge is 0.388 e. The molecule has 80 valence electrons. The van der Waals surface area contributed by atoms with Gasteiger partial charge in [0.05, 0.1) is 12.5 Å². The first-order chi connectivity index (χ1) is 6.92. The summed E-state index contributed by atoms with van der Waals surface area (Å²) in [4.78, 5) is 3.45. The van der Waals surface area contributed by atoms with Crippen molar-refractivity contribution < 1.29 is 17.9 Å². The van der Waals surface area contributed by atoms with Gasteiger partial charge in [0.25, 0.3) is 0 Å². The van der Waals surface area contributed by atoms with Crippen LogP contribution in [-0.2, 0) is 6.42 Å². The van der Waals surface area contributed by atoms with Gasteiger partial charge >= 0.3 is 6.36 Å². The van der Waals surface area contributed by atoms with Crippen LogP contribution in [0.25, 0.3) is 0 Å². The van der Waals surface area contributed by atoms with Crippen LogP contribution in [0.3, 0.4) is 0 Å². The van der Waals surface area contributed by atoms with Crippen LogP contribution in [0, 0.1) is 18.3 Å². The molecule has 0 N–H and O–H groups in total. The second-order valence-corrected chi connectivity index (χ2v) is 2.83. The van der Waals surface area contributed by atoms with Gasteiger partial charge in [-0.1, -0.05) is 0 Å². The lowest BCUT2D eigenvalue weighted by Gasteiger charge is -2.09. The van der Waals surface area contributed by atoms with Crippen molar-refractivity contribution in [2.75, 3.05) is 0 Å². The van der Waals surface area contributed by atoms with Gasteiger partial charge in [-0.25, -0.2) is 4.98 Å². The molecule has 0 aliphatic heterocycles. The number of aromatic nitrogens is 1. The highest BCUT2D eigenvalue weighted by atomic mass is 19.4. The highest BCUT2D eigenvalue weighted by molar-refractivity contribution is 5.29. The van der Waals surface area contributed by atoms with E-state index in [4.69, 9.17) is 5.26 Å². The third-order valence-corrected chi connectivity index (χ3v) is 1.68. The van der Waals surface area contributed by atoms with Crippen LogP contribution in [0.2, 0.25) is 0 Å². The lowest BCUT2D eigenvalue weighted by atomic mass is 10.1. The molecule has 1 rings (SSSR count). The first-order valence-corrected chi connectivity index (χ1v) is 4.00. The number of halogens is 3. The van der Waals surface area contributed by atoms with Crippen LogP contribution in [0.15, 0.2) is 12.3 Å².